The molecular weight excluding hydrogens is 350 g/mol. The Labute approximate surface area is 156 Å². The number of carboxylic acid groups (broad SMARTS) is 1. The summed E-state index contributed by atoms with van der Waals surface area (Å²) in [5, 5.41) is 14.6. The summed E-state index contributed by atoms with van der Waals surface area (Å²) >= 11 is 1.47. The average Bonchev–Trinajstić information content (AvgIpc) is 3.06. The molecule has 6 nitrogen and oxygen atoms in total. The Morgan fingerprint density at radius 3 is 2.73 bits per heavy atom. The number of thiazole rings is 1. The first-order valence-corrected chi connectivity index (χ1v) is 9.64. The molecule has 1 aliphatic carbocycles. The number of hydrogen-bond acceptors (Lipinski definition) is 5. The van der Waals surface area contributed by atoms with Crippen LogP contribution in [0.25, 0.3) is 10.6 Å². The largest absolute Gasteiger partial charge is 0.480 e. The topological polar surface area (TPSA) is 82.5 Å². The molecule has 0 aliphatic heterocycles. The van der Waals surface area contributed by atoms with Gasteiger partial charge in [-0.3, -0.25) is 14.5 Å². The number of aryl methyl sites for hydroxylation is 1. The minimum atomic E-state index is -0.814. The zero-order valence-electron chi connectivity index (χ0n) is 14.9. The van der Waals surface area contributed by atoms with E-state index in [9.17, 15) is 9.59 Å². The quantitative estimate of drug-likeness (QED) is 0.780. The highest BCUT2D eigenvalue weighted by atomic mass is 32.1. The summed E-state index contributed by atoms with van der Waals surface area (Å²) in [4.78, 5) is 29.7. The fraction of sp³-hybridized carbons (Fsp3) is 0.421. The number of aliphatic carboxylic acids is 1. The van der Waals surface area contributed by atoms with Gasteiger partial charge in [-0.15, -0.1) is 11.3 Å². The first-order chi connectivity index (χ1) is 12.5. The van der Waals surface area contributed by atoms with Crippen molar-refractivity contribution in [2.45, 2.75) is 38.8 Å². The molecule has 2 N–H and O–H groups in total. The Balaban J connectivity index is 1.56. The number of nitrogens with one attached hydrogen (secondary N) is 1. The van der Waals surface area contributed by atoms with E-state index < -0.39 is 5.97 Å². The van der Waals surface area contributed by atoms with Crippen molar-refractivity contribution in [2.75, 3.05) is 13.1 Å². The molecule has 138 valence electrons. The number of amides is 1. The number of carboxylic acids is 1. The van der Waals surface area contributed by atoms with Crippen LogP contribution in [-0.4, -0.2) is 52.0 Å². The van der Waals surface area contributed by atoms with Gasteiger partial charge in [-0.25, -0.2) is 4.98 Å². The molecule has 0 atom stereocenters. The molecule has 1 heterocycles. The molecule has 1 aliphatic rings. The average molecular weight is 373 g/mol. The summed E-state index contributed by atoms with van der Waals surface area (Å²) in [6, 6.07) is 8.29. The standard InChI is InChI=1S/C19H23N3O3S/c1-3-22(10-17(23)24)14-8-13(9-14)20-18(25)16-11-26-19(21-16)15-7-5-4-6-12(15)2/h4-7,11,13-14H,3,8-10H2,1-2H3,(H,20,25)(H,23,24). The molecule has 1 aromatic carbocycles. The van der Waals surface area contributed by atoms with Crippen LogP contribution in [0.1, 0.15) is 35.8 Å². The molecule has 26 heavy (non-hydrogen) atoms. The van der Waals surface area contributed by atoms with E-state index in [4.69, 9.17) is 5.11 Å². The number of benzene rings is 1. The summed E-state index contributed by atoms with van der Waals surface area (Å²) in [6.07, 6.45) is 1.56. The van der Waals surface area contributed by atoms with Crippen LogP contribution in [0.4, 0.5) is 0 Å². The lowest BCUT2D eigenvalue weighted by atomic mass is 9.85. The van der Waals surface area contributed by atoms with Gasteiger partial charge in [-0.2, -0.15) is 0 Å². The van der Waals surface area contributed by atoms with Gasteiger partial charge in [0.25, 0.3) is 5.91 Å². The van der Waals surface area contributed by atoms with E-state index in [0.717, 1.165) is 29.0 Å². The molecule has 1 amide bonds. The first-order valence-electron chi connectivity index (χ1n) is 8.76. The Kier molecular flexibility index (Phi) is 5.68. The SMILES string of the molecule is CCN(CC(=O)O)C1CC(NC(=O)c2csc(-c3ccccc3C)n2)C1. The molecule has 7 heteroatoms. The van der Waals surface area contributed by atoms with E-state index in [2.05, 4.69) is 10.3 Å². The van der Waals surface area contributed by atoms with Crippen molar-refractivity contribution in [3.05, 3.63) is 40.9 Å². The van der Waals surface area contributed by atoms with Crippen LogP contribution in [0.15, 0.2) is 29.6 Å². The third-order valence-corrected chi connectivity index (χ3v) is 5.70. The van der Waals surface area contributed by atoms with Gasteiger partial charge >= 0.3 is 5.97 Å². The summed E-state index contributed by atoms with van der Waals surface area (Å²) in [6.45, 7) is 4.73. The Morgan fingerprint density at radius 2 is 2.08 bits per heavy atom. The van der Waals surface area contributed by atoms with E-state index in [1.165, 1.54) is 11.3 Å². The van der Waals surface area contributed by atoms with Crippen LogP contribution in [0.5, 0.6) is 0 Å². The fourth-order valence-electron chi connectivity index (χ4n) is 3.25. The lowest BCUT2D eigenvalue weighted by Gasteiger charge is -2.42. The van der Waals surface area contributed by atoms with Gasteiger partial charge in [-0.1, -0.05) is 31.2 Å². The Hall–Kier alpha value is -2.25. The summed E-state index contributed by atoms with van der Waals surface area (Å²) in [5.41, 5.74) is 2.62. The second kappa shape index (κ2) is 7.97. The second-order valence-electron chi connectivity index (χ2n) is 6.61. The molecular formula is C19H23N3O3S. The lowest BCUT2D eigenvalue weighted by molar-refractivity contribution is -0.139. The van der Waals surface area contributed by atoms with Crippen molar-refractivity contribution in [1.82, 2.24) is 15.2 Å². The predicted molar refractivity (Wildman–Crippen MR) is 101 cm³/mol. The van der Waals surface area contributed by atoms with Crippen LogP contribution in [0, 0.1) is 6.92 Å². The molecule has 2 aromatic rings. The lowest BCUT2D eigenvalue weighted by Crippen LogP contribution is -2.54. The third kappa shape index (κ3) is 4.11. The van der Waals surface area contributed by atoms with Crippen molar-refractivity contribution in [3.63, 3.8) is 0 Å². The zero-order chi connectivity index (χ0) is 18.7. The van der Waals surface area contributed by atoms with Crippen molar-refractivity contribution in [1.29, 1.82) is 0 Å². The van der Waals surface area contributed by atoms with Crippen LogP contribution < -0.4 is 5.32 Å². The molecule has 0 bridgehead atoms. The number of rotatable bonds is 7. The van der Waals surface area contributed by atoms with Crippen LogP contribution in [-0.2, 0) is 4.79 Å². The second-order valence-corrected chi connectivity index (χ2v) is 7.46. The van der Waals surface area contributed by atoms with Gasteiger partial charge < -0.3 is 10.4 Å². The number of likely N-dealkylation sites (N-methyl/N-ethyl adjacent to an activating group) is 1. The maximum Gasteiger partial charge on any atom is 0.317 e. The highest BCUT2D eigenvalue weighted by Gasteiger charge is 2.35. The summed E-state index contributed by atoms with van der Waals surface area (Å²) in [5.74, 6) is -0.976. The molecule has 1 saturated carbocycles. The zero-order valence-corrected chi connectivity index (χ0v) is 15.8. The van der Waals surface area contributed by atoms with Crippen LogP contribution in [0.3, 0.4) is 0 Å². The van der Waals surface area contributed by atoms with E-state index in [1.807, 2.05) is 43.0 Å². The van der Waals surface area contributed by atoms with Gasteiger partial charge in [0.15, 0.2) is 0 Å². The highest BCUT2D eigenvalue weighted by Crippen LogP contribution is 2.28. The number of aromatic nitrogens is 1. The van der Waals surface area contributed by atoms with E-state index in [-0.39, 0.29) is 24.5 Å². The number of carbonyl (C=O) groups is 2. The Bertz CT molecular complexity index is 799. The molecule has 1 fully saturated rings. The first kappa shape index (κ1) is 18.5. The minimum Gasteiger partial charge on any atom is -0.480 e. The maximum atomic E-state index is 12.4. The van der Waals surface area contributed by atoms with E-state index in [1.54, 1.807) is 5.38 Å². The monoisotopic (exact) mass is 373 g/mol. The van der Waals surface area contributed by atoms with Gasteiger partial charge in [0.05, 0.1) is 6.54 Å². The van der Waals surface area contributed by atoms with Gasteiger partial charge in [-0.05, 0) is 31.9 Å². The molecule has 0 saturated heterocycles. The van der Waals surface area contributed by atoms with Gasteiger partial charge in [0.2, 0.25) is 0 Å². The molecule has 0 radical (unpaired) electrons. The molecule has 0 spiro atoms. The van der Waals surface area contributed by atoms with E-state index in [0.29, 0.717) is 12.2 Å². The normalized spacial score (nSPS) is 19.2. The number of hydrogen-bond donors (Lipinski definition) is 2. The number of nitrogens with zero attached hydrogens (tertiary/aromatic N) is 2. The predicted octanol–water partition coefficient (Wildman–Crippen LogP) is 2.79. The van der Waals surface area contributed by atoms with Gasteiger partial charge in [0, 0.05) is 23.0 Å². The summed E-state index contributed by atoms with van der Waals surface area (Å²) in [7, 11) is 0. The fourth-order valence-corrected chi connectivity index (χ4v) is 4.14. The minimum absolute atomic E-state index is 0.0493. The van der Waals surface area contributed by atoms with Gasteiger partial charge in [0.1, 0.15) is 10.7 Å². The van der Waals surface area contributed by atoms with Crippen molar-refractivity contribution >= 4 is 23.2 Å². The van der Waals surface area contributed by atoms with Crippen LogP contribution in [0.2, 0.25) is 0 Å². The highest BCUT2D eigenvalue weighted by molar-refractivity contribution is 7.13. The third-order valence-electron chi connectivity index (χ3n) is 4.82. The molecule has 0 unspecified atom stereocenters. The number of carbonyl (C=O) groups excluding carboxylic acids is 1. The molecule has 1 aromatic heterocycles. The van der Waals surface area contributed by atoms with E-state index >= 15 is 0 Å². The van der Waals surface area contributed by atoms with Crippen molar-refractivity contribution < 1.29 is 14.7 Å². The Morgan fingerprint density at radius 1 is 1.35 bits per heavy atom. The molecule has 3 rings (SSSR count). The van der Waals surface area contributed by atoms with Crippen molar-refractivity contribution in [2.24, 2.45) is 0 Å². The van der Waals surface area contributed by atoms with Crippen LogP contribution >= 0.6 is 11.3 Å². The van der Waals surface area contributed by atoms with Crippen molar-refractivity contribution in [3.8, 4) is 10.6 Å². The maximum absolute atomic E-state index is 12.4. The smallest absolute Gasteiger partial charge is 0.317 e. The summed E-state index contributed by atoms with van der Waals surface area (Å²) < 4.78 is 0.